The van der Waals surface area contributed by atoms with E-state index in [9.17, 15) is 13.2 Å². The number of rotatable bonds is 8. The first kappa shape index (κ1) is 22.4. The zero-order valence-electron chi connectivity index (χ0n) is 17.8. The molecule has 0 saturated heterocycles. The van der Waals surface area contributed by atoms with Gasteiger partial charge in [-0.05, 0) is 74.4 Å². The molecule has 0 aliphatic heterocycles. The van der Waals surface area contributed by atoms with E-state index in [1.807, 2.05) is 32.0 Å². The summed E-state index contributed by atoms with van der Waals surface area (Å²) in [5.74, 6) is 0.215. The maximum Gasteiger partial charge on any atom is 0.264 e. The number of hydrogen-bond donors (Lipinski definition) is 1. The fourth-order valence-corrected chi connectivity index (χ4v) is 4.62. The van der Waals surface area contributed by atoms with Gasteiger partial charge < -0.3 is 10.1 Å². The summed E-state index contributed by atoms with van der Waals surface area (Å²) in [6, 6.07) is 20.8. The van der Waals surface area contributed by atoms with Crippen LogP contribution in [-0.4, -0.2) is 27.5 Å². The molecule has 7 heteroatoms. The predicted molar refractivity (Wildman–Crippen MR) is 123 cm³/mol. The van der Waals surface area contributed by atoms with Crippen molar-refractivity contribution < 1.29 is 17.9 Å². The van der Waals surface area contributed by atoms with Crippen molar-refractivity contribution in [1.29, 1.82) is 0 Å². The Labute approximate surface area is 183 Å². The van der Waals surface area contributed by atoms with Gasteiger partial charge in [0.05, 0.1) is 10.6 Å². The van der Waals surface area contributed by atoms with Crippen LogP contribution in [0.2, 0.25) is 0 Å². The maximum atomic E-state index is 12.9. The Morgan fingerprint density at radius 2 is 1.65 bits per heavy atom. The first-order valence-corrected chi connectivity index (χ1v) is 11.4. The summed E-state index contributed by atoms with van der Waals surface area (Å²) in [5, 5.41) is 2.85. The normalized spacial score (nSPS) is 11.1. The smallest absolute Gasteiger partial charge is 0.264 e. The lowest BCUT2D eigenvalue weighted by Gasteiger charge is -2.23. The van der Waals surface area contributed by atoms with E-state index >= 15 is 0 Å². The third-order valence-corrected chi connectivity index (χ3v) is 6.70. The highest BCUT2D eigenvalue weighted by Gasteiger charge is 2.23. The van der Waals surface area contributed by atoms with E-state index < -0.39 is 10.0 Å². The van der Waals surface area contributed by atoms with Crippen molar-refractivity contribution in [3.8, 4) is 5.75 Å². The van der Waals surface area contributed by atoms with Gasteiger partial charge in [0, 0.05) is 12.2 Å². The summed E-state index contributed by atoms with van der Waals surface area (Å²) in [6.07, 6.45) is 0. The van der Waals surface area contributed by atoms with Crippen LogP contribution in [0.25, 0.3) is 0 Å². The van der Waals surface area contributed by atoms with E-state index in [4.69, 9.17) is 4.74 Å². The molecule has 3 aromatic rings. The highest BCUT2D eigenvalue weighted by molar-refractivity contribution is 7.92. The van der Waals surface area contributed by atoms with Gasteiger partial charge in [-0.25, -0.2) is 8.42 Å². The van der Waals surface area contributed by atoms with Crippen molar-refractivity contribution in [2.75, 3.05) is 22.8 Å². The molecule has 3 aromatic carbocycles. The largest absolute Gasteiger partial charge is 0.484 e. The highest BCUT2D eigenvalue weighted by atomic mass is 32.2. The molecule has 0 spiro atoms. The van der Waals surface area contributed by atoms with Gasteiger partial charge in [0.25, 0.3) is 15.9 Å². The van der Waals surface area contributed by atoms with Gasteiger partial charge in [-0.2, -0.15) is 0 Å². The first-order chi connectivity index (χ1) is 14.8. The van der Waals surface area contributed by atoms with Crippen LogP contribution in [0, 0.1) is 13.8 Å². The van der Waals surface area contributed by atoms with Crippen LogP contribution in [0.5, 0.6) is 5.75 Å². The summed E-state index contributed by atoms with van der Waals surface area (Å²) < 4.78 is 32.8. The molecular formula is C24H26N2O4S. The van der Waals surface area contributed by atoms with Gasteiger partial charge >= 0.3 is 0 Å². The molecule has 1 amide bonds. The molecule has 31 heavy (non-hydrogen) atoms. The van der Waals surface area contributed by atoms with Gasteiger partial charge in [0.1, 0.15) is 5.75 Å². The minimum atomic E-state index is -3.66. The van der Waals surface area contributed by atoms with Crippen molar-refractivity contribution in [2.24, 2.45) is 0 Å². The van der Waals surface area contributed by atoms with Gasteiger partial charge in [0.15, 0.2) is 6.61 Å². The summed E-state index contributed by atoms with van der Waals surface area (Å²) in [4.78, 5) is 12.5. The number of aryl methyl sites for hydroxylation is 2. The van der Waals surface area contributed by atoms with E-state index in [2.05, 4.69) is 5.32 Å². The second-order valence-corrected chi connectivity index (χ2v) is 8.99. The molecule has 0 atom stereocenters. The average molecular weight is 439 g/mol. The Hall–Kier alpha value is -3.32. The Morgan fingerprint density at radius 1 is 0.968 bits per heavy atom. The Kier molecular flexibility index (Phi) is 6.97. The molecule has 0 radical (unpaired) electrons. The van der Waals surface area contributed by atoms with Crippen LogP contribution in [-0.2, 0) is 14.8 Å². The predicted octanol–water partition coefficient (Wildman–Crippen LogP) is 4.54. The maximum absolute atomic E-state index is 12.9. The molecule has 0 aromatic heterocycles. The third-order valence-electron chi connectivity index (χ3n) is 4.78. The lowest BCUT2D eigenvalue weighted by molar-refractivity contribution is -0.118. The molecule has 0 aliphatic rings. The van der Waals surface area contributed by atoms with Crippen LogP contribution in [0.1, 0.15) is 18.1 Å². The fraction of sp³-hybridized carbons (Fsp3) is 0.208. The number of amides is 1. The number of nitrogens with zero attached hydrogens (tertiary/aromatic N) is 1. The number of anilines is 2. The van der Waals surface area contributed by atoms with Gasteiger partial charge in [-0.3, -0.25) is 9.10 Å². The van der Waals surface area contributed by atoms with Crippen LogP contribution in [0.4, 0.5) is 11.4 Å². The van der Waals surface area contributed by atoms with Crippen LogP contribution < -0.4 is 14.4 Å². The van der Waals surface area contributed by atoms with Crippen molar-refractivity contribution in [3.63, 3.8) is 0 Å². The van der Waals surface area contributed by atoms with Crippen LogP contribution in [0.15, 0.2) is 77.7 Å². The van der Waals surface area contributed by atoms with E-state index in [-0.39, 0.29) is 24.0 Å². The minimum Gasteiger partial charge on any atom is -0.484 e. The fourth-order valence-electron chi connectivity index (χ4n) is 3.13. The van der Waals surface area contributed by atoms with Crippen molar-refractivity contribution in [1.82, 2.24) is 0 Å². The van der Waals surface area contributed by atoms with E-state index in [1.165, 1.54) is 4.31 Å². The van der Waals surface area contributed by atoms with Gasteiger partial charge in [-0.1, -0.05) is 30.3 Å². The highest BCUT2D eigenvalue weighted by Crippen LogP contribution is 2.25. The molecule has 3 rings (SSSR count). The first-order valence-electron chi connectivity index (χ1n) is 9.99. The molecule has 6 nitrogen and oxygen atoms in total. The summed E-state index contributed by atoms with van der Waals surface area (Å²) in [5.41, 5.74) is 3.32. The second kappa shape index (κ2) is 9.66. The zero-order chi connectivity index (χ0) is 22.4. The van der Waals surface area contributed by atoms with E-state index in [0.29, 0.717) is 11.4 Å². The summed E-state index contributed by atoms with van der Waals surface area (Å²) in [6.45, 7) is 5.81. The van der Waals surface area contributed by atoms with Gasteiger partial charge in [0.2, 0.25) is 0 Å². The quantitative estimate of drug-likeness (QED) is 0.560. The number of benzene rings is 3. The minimum absolute atomic E-state index is 0.146. The summed E-state index contributed by atoms with van der Waals surface area (Å²) >= 11 is 0. The number of sulfonamides is 1. The Balaban J connectivity index is 1.65. The number of carbonyl (C=O) groups is 1. The summed E-state index contributed by atoms with van der Waals surface area (Å²) in [7, 11) is -3.66. The SMILES string of the molecule is CCN(c1ccc(OCC(=O)Nc2cc(C)ccc2C)cc1)S(=O)(=O)c1ccccc1. The molecule has 162 valence electrons. The number of nitrogens with one attached hydrogen (secondary N) is 1. The van der Waals surface area contributed by atoms with Crippen molar-refractivity contribution >= 4 is 27.3 Å². The second-order valence-electron chi connectivity index (χ2n) is 7.13. The number of ether oxygens (including phenoxy) is 1. The van der Waals surface area contributed by atoms with E-state index in [1.54, 1.807) is 61.5 Å². The monoisotopic (exact) mass is 438 g/mol. The average Bonchev–Trinajstić information content (AvgIpc) is 2.77. The zero-order valence-corrected chi connectivity index (χ0v) is 18.6. The molecule has 0 aliphatic carbocycles. The topological polar surface area (TPSA) is 75.7 Å². The Bertz CT molecular complexity index is 1140. The molecule has 0 fully saturated rings. The lowest BCUT2D eigenvalue weighted by Crippen LogP contribution is -2.30. The van der Waals surface area contributed by atoms with Crippen LogP contribution >= 0.6 is 0 Å². The van der Waals surface area contributed by atoms with Crippen molar-refractivity contribution in [2.45, 2.75) is 25.7 Å². The van der Waals surface area contributed by atoms with Crippen molar-refractivity contribution in [3.05, 3.63) is 83.9 Å². The third kappa shape index (κ3) is 5.44. The lowest BCUT2D eigenvalue weighted by atomic mass is 10.1. The molecule has 0 bridgehead atoms. The number of hydrogen-bond acceptors (Lipinski definition) is 4. The number of carbonyl (C=O) groups excluding carboxylic acids is 1. The molecule has 1 N–H and O–H groups in total. The van der Waals surface area contributed by atoms with Crippen LogP contribution in [0.3, 0.4) is 0 Å². The van der Waals surface area contributed by atoms with Gasteiger partial charge in [-0.15, -0.1) is 0 Å². The molecular weight excluding hydrogens is 412 g/mol. The van der Waals surface area contributed by atoms with E-state index in [0.717, 1.165) is 16.8 Å². The molecule has 0 saturated carbocycles. The Morgan fingerprint density at radius 3 is 2.29 bits per heavy atom. The molecule has 0 heterocycles. The standard InChI is InChI=1S/C24H26N2O4S/c1-4-26(31(28,29)22-8-6-5-7-9-22)20-12-14-21(15-13-20)30-17-24(27)25-23-16-18(2)10-11-19(23)3/h5-16H,4,17H2,1-3H3,(H,25,27). The molecule has 0 unspecified atom stereocenters.